The third-order valence-corrected chi connectivity index (χ3v) is 4.55. The van der Waals surface area contributed by atoms with Crippen LogP contribution in [0.2, 0.25) is 0 Å². The summed E-state index contributed by atoms with van der Waals surface area (Å²) in [6.45, 7) is 0. The molecule has 132 valence electrons. The molecule has 6 nitrogen and oxygen atoms in total. The zero-order valence-corrected chi connectivity index (χ0v) is 14.4. The van der Waals surface area contributed by atoms with Crippen molar-refractivity contribution in [3.63, 3.8) is 0 Å². The van der Waals surface area contributed by atoms with E-state index in [0.29, 0.717) is 17.6 Å². The van der Waals surface area contributed by atoms with Crippen LogP contribution in [0.15, 0.2) is 43.0 Å². The lowest BCUT2D eigenvalue weighted by atomic mass is 10.1. The van der Waals surface area contributed by atoms with Crippen LogP contribution in [0, 0.1) is 5.82 Å². The summed E-state index contributed by atoms with van der Waals surface area (Å²) < 4.78 is 24.3. The average Bonchev–Trinajstić information content (AvgIpc) is 3.50. The standard InChI is InChI=1S/C19H17FN4O2/c1-25-15-6-11(7-16(26-2)17(15)20)13-8-14(13)12-9-23-19(24-10-12)18-21-4-3-5-22-18/h3-7,9-10,13-14H,8H2,1-2H3/t13-,14+/m1/s1. The Morgan fingerprint density at radius 1 is 0.846 bits per heavy atom. The maximum absolute atomic E-state index is 14.1. The number of aromatic nitrogens is 4. The van der Waals surface area contributed by atoms with E-state index in [4.69, 9.17) is 9.47 Å². The van der Waals surface area contributed by atoms with Crippen molar-refractivity contribution in [1.82, 2.24) is 19.9 Å². The minimum atomic E-state index is -0.480. The monoisotopic (exact) mass is 352 g/mol. The van der Waals surface area contributed by atoms with Gasteiger partial charge in [0.25, 0.3) is 0 Å². The summed E-state index contributed by atoms with van der Waals surface area (Å²) in [5.41, 5.74) is 2.03. The number of halogens is 1. The lowest BCUT2D eigenvalue weighted by Gasteiger charge is -2.10. The van der Waals surface area contributed by atoms with Crippen LogP contribution in [0.5, 0.6) is 11.5 Å². The summed E-state index contributed by atoms with van der Waals surface area (Å²) in [4.78, 5) is 17.0. The van der Waals surface area contributed by atoms with Crippen LogP contribution in [0.4, 0.5) is 4.39 Å². The Bertz CT molecular complexity index is 894. The van der Waals surface area contributed by atoms with Gasteiger partial charge in [-0.3, -0.25) is 0 Å². The molecule has 7 heteroatoms. The predicted octanol–water partition coefficient (Wildman–Crippen LogP) is 3.36. The summed E-state index contributed by atoms with van der Waals surface area (Å²) >= 11 is 0. The normalized spacial score (nSPS) is 18.4. The number of hydrogen-bond donors (Lipinski definition) is 0. The van der Waals surface area contributed by atoms with Crippen molar-refractivity contribution in [2.24, 2.45) is 0 Å². The van der Waals surface area contributed by atoms with Gasteiger partial charge in [-0.2, -0.15) is 4.39 Å². The Kier molecular flexibility index (Phi) is 4.20. The molecule has 4 rings (SSSR count). The van der Waals surface area contributed by atoms with E-state index in [-0.39, 0.29) is 17.4 Å². The van der Waals surface area contributed by atoms with Crippen molar-refractivity contribution in [3.8, 4) is 23.1 Å². The second kappa shape index (κ2) is 6.67. The lowest BCUT2D eigenvalue weighted by Crippen LogP contribution is -1.97. The van der Waals surface area contributed by atoms with Gasteiger partial charge in [0.15, 0.2) is 23.1 Å². The van der Waals surface area contributed by atoms with E-state index in [2.05, 4.69) is 19.9 Å². The van der Waals surface area contributed by atoms with Crippen LogP contribution in [0.1, 0.15) is 29.4 Å². The zero-order valence-electron chi connectivity index (χ0n) is 14.4. The Morgan fingerprint density at radius 2 is 1.38 bits per heavy atom. The molecule has 0 unspecified atom stereocenters. The average molecular weight is 352 g/mol. The molecular formula is C19H17FN4O2. The minimum Gasteiger partial charge on any atom is -0.494 e. The number of nitrogens with zero attached hydrogens (tertiary/aromatic N) is 4. The van der Waals surface area contributed by atoms with Gasteiger partial charge in [0.1, 0.15) is 0 Å². The number of benzene rings is 1. The molecule has 0 bridgehead atoms. The van der Waals surface area contributed by atoms with E-state index in [1.807, 2.05) is 0 Å². The van der Waals surface area contributed by atoms with Gasteiger partial charge in [-0.15, -0.1) is 0 Å². The van der Waals surface area contributed by atoms with E-state index in [0.717, 1.165) is 17.5 Å². The summed E-state index contributed by atoms with van der Waals surface area (Å²) in [7, 11) is 2.90. The first kappa shape index (κ1) is 16.4. The molecule has 0 saturated heterocycles. The minimum absolute atomic E-state index is 0.192. The number of methoxy groups -OCH3 is 2. The molecule has 2 atom stereocenters. The van der Waals surface area contributed by atoms with Crippen LogP contribution in [-0.2, 0) is 0 Å². The molecule has 2 aromatic heterocycles. The topological polar surface area (TPSA) is 70.0 Å². The maximum atomic E-state index is 14.1. The quantitative estimate of drug-likeness (QED) is 0.701. The van der Waals surface area contributed by atoms with Crippen LogP contribution in [0.3, 0.4) is 0 Å². The third-order valence-electron chi connectivity index (χ3n) is 4.55. The van der Waals surface area contributed by atoms with Crippen molar-refractivity contribution >= 4 is 0 Å². The first-order chi connectivity index (χ1) is 12.7. The highest BCUT2D eigenvalue weighted by molar-refractivity contribution is 5.47. The third kappa shape index (κ3) is 2.96. The molecule has 0 radical (unpaired) electrons. The summed E-state index contributed by atoms with van der Waals surface area (Å²) in [5, 5.41) is 0. The van der Waals surface area contributed by atoms with Crippen LogP contribution >= 0.6 is 0 Å². The summed E-state index contributed by atoms with van der Waals surface area (Å²) in [6, 6.07) is 5.21. The van der Waals surface area contributed by atoms with Crippen molar-refractivity contribution in [3.05, 3.63) is 59.9 Å². The molecule has 2 heterocycles. The molecule has 1 aliphatic rings. The number of rotatable bonds is 5. The van der Waals surface area contributed by atoms with Crippen molar-refractivity contribution in [2.75, 3.05) is 14.2 Å². The molecule has 0 N–H and O–H groups in total. The summed E-state index contributed by atoms with van der Waals surface area (Å²) in [6.07, 6.45) is 7.88. The van der Waals surface area contributed by atoms with E-state index in [1.54, 1.807) is 43.0 Å². The summed E-state index contributed by atoms with van der Waals surface area (Å²) in [5.74, 6) is 1.46. The Hall–Kier alpha value is -3.09. The van der Waals surface area contributed by atoms with Gasteiger partial charge in [-0.1, -0.05) is 0 Å². The highest BCUT2D eigenvalue weighted by Crippen LogP contribution is 2.55. The van der Waals surface area contributed by atoms with Gasteiger partial charge in [0.05, 0.1) is 14.2 Å². The fraction of sp³-hybridized carbons (Fsp3) is 0.263. The molecular weight excluding hydrogens is 335 g/mol. The Morgan fingerprint density at radius 3 is 1.96 bits per heavy atom. The fourth-order valence-electron chi connectivity index (χ4n) is 3.10. The molecule has 1 fully saturated rings. The SMILES string of the molecule is COc1cc([C@H]2C[C@H]2c2cnc(-c3ncccn3)nc2)cc(OC)c1F. The van der Waals surface area contributed by atoms with Crippen LogP contribution < -0.4 is 9.47 Å². The van der Waals surface area contributed by atoms with E-state index in [1.165, 1.54) is 14.2 Å². The first-order valence-corrected chi connectivity index (χ1v) is 8.22. The molecule has 0 amide bonds. The first-order valence-electron chi connectivity index (χ1n) is 8.22. The fourth-order valence-corrected chi connectivity index (χ4v) is 3.10. The molecule has 1 aliphatic carbocycles. The van der Waals surface area contributed by atoms with Gasteiger partial charge in [0.2, 0.25) is 5.82 Å². The second-order valence-electron chi connectivity index (χ2n) is 6.10. The molecule has 1 saturated carbocycles. The van der Waals surface area contributed by atoms with Crippen molar-refractivity contribution < 1.29 is 13.9 Å². The Balaban J connectivity index is 1.55. The second-order valence-corrected chi connectivity index (χ2v) is 6.10. The van der Waals surface area contributed by atoms with Gasteiger partial charge >= 0.3 is 0 Å². The number of hydrogen-bond acceptors (Lipinski definition) is 6. The predicted molar refractivity (Wildman–Crippen MR) is 92.7 cm³/mol. The molecule has 3 aromatic rings. The molecule has 0 aliphatic heterocycles. The van der Waals surface area contributed by atoms with Gasteiger partial charge in [-0.05, 0) is 47.6 Å². The van der Waals surface area contributed by atoms with E-state index >= 15 is 0 Å². The van der Waals surface area contributed by atoms with Crippen molar-refractivity contribution in [1.29, 1.82) is 0 Å². The maximum Gasteiger partial charge on any atom is 0.206 e. The van der Waals surface area contributed by atoms with Crippen LogP contribution in [-0.4, -0.2) is 34.2 Å². The smallest absolute Gasteiger partial charge is 0.206 e. The molecule has 1 aromatic carbocycles. The highest BCUT2D eigenvalue weighted by atomic mass is 19.1. The van der Waals surface area contributed by atoms with Crippen LogP contribution in [0.25, 0.3) is 11.6 Å². The van der Waals surface area contributed by atoms with Gasteiger partial charge < -0.3 is 9.47 Å². The largest absolute Gasteiger partial charge is 0.494 e. The van der Waals surface area contributed by atoms with Gasteiger partial charge in [0, 0.05) is 24.8 Å². The molecule has 26 heavy (non-hydrogen) atoms. The van der Waals surface area contributed by atoms with Crippen molar-refractivity contribution in [2.45, 2.75) is 18.3 Å². The van der Waals surface area contributed by atoms with E-state index < -0.39 is 5.82 Å². The van der Waals surface area contributed by atoms with Gasteiger partial charge in [-0.25, -0.2) is 19.9 Å². The molecule has 0 spiro atoms. The highest BCUT2D eigenvalue weighted by Gasteiger charge is 2.41. The number of ether oxygens (including phenoxy) is 2. The lowest BCUT2D eigenvalue weighted by molar-refractivity contribution is 0.349. The Labute approximate surface area is 150 Å². The van der Waals surface area contributed by atoms with E-state index in [9.17, 15) is 4.39 Å². The zero-order chi connectivity index (χ0) is 18.1.